The zero-order valence-corrected chi connectivity index (χ0v) is 8.29. The highest BCUT2D eigenvalue weighted by Gasteiger charge is 1.90. The Kier molecular flexibility index (Phi) is 4.33. The molecule has 0 aromatic carbocycles. The molecule has 0 spiro atoms. The van der Waals surface area contributed by atoms with Gasteiger partial charge in [0.2, 0.25) is 0 Å². The largest absolute Gasteiger partial charge is 0.495 e. The molecule has 0 atom stereocenters. The van der Waals surface area contributed by atoms with Crippen LogP contribution in [0, 0.1) is 0 Å². The van der Waals surface area contributed by atoms with Crippen LogP contribution < -0.4 is 4.74 Å². The van der Waals surface area contributed by atoms with Crippen molar-refractivity contribution in [1.29, 1.82) is 0 Å². The molecule has 1 heterocycles. The van der Waals surface area contributed by atoms with Crippen LogP contribution in [0.4, 0.5) is 0 Å². The minimum Gasteiger partial charge on any atom is -0.495 e. The van der Waals surface area contributed by atoms with Crippen molar-refractivity contribution in [3.8, 4) is 5.75 Å². The standard InChI is InChI=1S/C10H12ClNO/c1-13-10-6-5-9(12-8-10)4-2-3-7-11/h2,4-6,8H,3,7H2,1H3. The summed E-state index contributed by atoms with van der Waals surface area (Å²) in [6.07, 6.45) is 6.51. The van der Waals surface area contributed by atoms with Gasteiger partial charge in [-0.05, 0) is 24.6 Å². The van der Waals surface area contributed by atoms with E-state index in [9.17, 15) is 0 Å². The molecule has 0 aliphatic carbocycles. The number of hydrogen-bond donors (Lipinski definition) is 0. The lowest BCUT2D eigenvalue weighted by atomic mass is 10.3. The highest BCUT2D eigenvalue weighted by molar-refractivity contribution is 6.17. The van der Waals surface area contributed by atoms with E-state index in [2.05, 4.69) is 4.98 Å². The lowest BCUT2D eigenvalue weighted by Crippen LogP contribution is -1.85. The Morgan fingerprint density at radius 3 is 2.92 bits per heavy atom. The number of nitrogens with zero attached hydrogens (tertiary/aromatic N) is 1. The monoisotopic (exact) mass is 197 g/mol. The van der Waals surface area contributed by atoms with Crippen molar-refractivity contribution in [3.63, 3.8) is 0 Å². The maximum Gasteiger partial charge on any atom is 0.137 e. The normalized spacial score (nSPS) is 10.6. The lowest BCUT2D eigenvalue weighted by molar-refractivity contribution is 0.413. The van der Waals surface area contributed by atoms with Crippen LogP contribution in [0.15, 0.2) is 24.4 Å². The Labute approximate surface area is 83.2 Å². The number of ether oxygens (including phenoxy) is 1. The van der Waals surface area contributed by atoms with E-state index in [0.717, 1.165) is 17.9 Å². The summed E-state index contributed by atoms with van der Waals surface area (Å²) < 4.78 is 4.99. The molecule has 0 radical (unpaired) electrons. The van der Waals surface area contributed by atoms with Crippen LogP contribution in [-0.4, -0.2) is 18.0 Å². The fourth-order valence-electron chi connectivity index (χ4n) is 0.878. The maximum atomic E-state index is 5.52. The van der Waals surface area contributed by atoms with Gasteiger partial charge in [0.15, 0.2) is 0 Å². The number of pyridine rings is 1. The number of alkyl halides is 1. The molecule has 13 heavy (non-hydrogen) atoms. The van der Waals surface area contributed by atoms with Crippen molar-refractivity contribution >= 4 is 17.7 Å². The van der Waals surface area contributed by atoms with Crippen molar-refractivity contribution in [2.75, 3.05) is 13.0 Å². The zero-order valence-electron chi connectivity index (χ0n) is 7.53. The molecule has 1 rings (SSSR count). The van der Waals surface area contributed by atoms with E-state index in [1.54, 1.807) is 13.3 Å². The topological polar surface area (TPSA) is 22.1 Å². The summed E-state index contributed by atoms with van der Waals surface area (Å²) in [5, 5.41) is 0. The highest BCUT2D eigenvalue weighted by Crippen LogP contribution is 2.08. The van der Waals surface area contributed by atoms with E-state index in [0.29, 0.717) is 5.88 Å². The first kappa shape index (κ1) is 10.1. The van der Waals surface area contributed by atoms with Crippen molar-refractivity contribution in [1.82, 2.24) is 4.98 Å². The second-order valence-corrected chi connectivity index (χ2v) is 2.88. The van der Waals surface area contributed by atoms with Gasteiger partial charge in [0.25, 0.3) is 0 Å². The average Bonchev–Trinajstić information content (AvgIpc) is 2.19. The molecule has 1 aromatic heterocycles. The SMILES string of the molecule is COc1ccc(C=CCCCl)nc1. The Hall–Kier alpha value is -1.02. The van der Waals surface area contributed by atoms with Crippen molar-refractivity contribution in [3.05, 3.63) is 30.1 Å². The Bertz CT molecular complexity index is 269. The van der Waals surface area contributed by atoms with E-state index < -0.39 is 0 Å². The molecule has 0 fully saturated rings. The molecule has 70 valence electrons. The molecular formula is C10H12ClNO. The molecule has 1 aromatic rings. The fourth-order valence-corrected chi connectivity index (χ4v) is 1.00. The predicted molar refractivity (Wildman–Crippen MR) is 55.2 cm³/mol. The second-order valence-electron chi connectivity index (χ2n) is 2.50. The van der Waals surface area contributed by atoms with E-state index >= 15 is 0 Å². The van der Waals surface area contributed by atoms with Crippen LogP contribution in [0.5, 0.6) is 5.75 Å². The van der Waals surface area contributed by atoms with E-state index in [1.165, 1.54) is 0 Å². The second kappa shape index (κ2) is 5.60. The van der Waals surface area contributed by atoms with E-state index in [-0.39, 0.29) is 0 Å². The van der Waals surface area contributed by atoms with Crippen molar-refractivity contribution in [2.24, 2.45) is 0 Å². The first-order valence-corrected chi connectivity index (χ1v) is 4.63. The molecule has 0 aliphatic heterocycles. The molecule has 0 N–H and O–H groups in total. The molecule has 0 bridgehead atoms. The summed E-state index contributed by atoms with van der Waals surface area (Å²) in [4.78, 5) is 4.17. The van der Waals surface area contributed by atoms with Gasteiger partial charge in [0, 0.05) is 5.88 Å². The molecule has 0 unspecified atom stereocenters. The Morgan fingerprint density at radius 1 is 1.54 bits per heavy atom. The molecular weight excluding hydrogens is 186 g/mol. The van der Waals surface area contributed by atoms with E-state index in [1.807, 2.05) is 24.3 Å². The van der Waals surface area contributed by atoms with Gasteiger partial charge in [-0.1, -0.05) is 6.08 Å². The number of allylic oxidation sites excluding steroid dienone is 1. The zero-order chi connectivity index (χ0) is 9.52. The van der Waals surface area contributed by atoms with Crippen LogP contribution in [0.2, 0.25) is 0 Å². The van der Waals surface area contributed by atoms with Crippen molar-refractivity contribution in [2.45, 2.75) is 6.42 Å². The van der Waals surface area contributed by atoms with Crippen LogP contribution in [0.25, 0.3) is 6.08 Å². The van der Waals surface area contributed by atoms with Crippen LogP contribution >= 0.6 is 11.6 Å². The van der Waals surface area contributed by atoms with Gasteiger partial charge < -0.3 is 4.74 Å². The summed E-state index contributed by atoms with van der Waals surface area (Å²) in [6, 6.07) is 3.79. The van der Waals surface area contributed by atoms with Crippen molar-refractivity contribution < 1.29 is 4.74 Å². The molecule has 3 heteroatoms. The first-order chi connectivity index (χ1) is 6.36. The summed E-state index contributed by atoms with van der Waals surface area (Å²) in [5.74, 6) is 1.42. The summed E-state index contributed by atoms with van der Waals surface area (Å²) in [6.45, 7) is 0. The van der Waals surface area contributed by atoms with Gasteiger partial charge in [-0.3, -0.25) is 4.98 Å². The number of hydrogen-bond acceptors (Lipinski definition) is 2. The molecule has 0 saturated heterocycles. The third kappa shape index (κ3) is 3.47. The summed E-state index contributed by atoms with van der Waals surface area (Å²) in [7, 11) is 1.63. The van der Waals surface area contributed by atoms with Crippen LogP contribution in [0.3, 0.4) is 0 Å². The van der Waals surface area contributed by atoms with Crippen LogP contribution in [-0.2, 0) is 0 Å². The van der Waals surface area contributed by atoms with Gasteiger partial charge in [0.1, 0.15) is 5.75 Å². The van der Waals surface area contributed by atoms with Gasteiger partial charge in [0.05, 0.1) is 19.0 Å². The number of aromatic nitrogens is 1. The smallest absolute Gasteiger partial charge is 0.137 e. The Morgan fingerprint density at radius 2 is 2.38 bits per heavy atom. The quantitative estimate of drug-likeness (QED) is 0.693. The molecule has 0 aliphatic rings. The molecule has 0 saturated carbocycles. The summed E-state index contributed by atoms with van der Waals surface area (Å²) >= 11 is 5.52. The van der Waals surface area contributed by atoms with Gasteiger partial charge >= 0.3 is 0 Å². The number of halogens is 1. The number of rotatable bonds is 4. The van der Waals surface area contributed by atoms with E-state index in [4.69, 9.17) is 16.3 Å². The lowest BCUT2D eigenvalue weighted by Gasteiger charge is -1.97. The minimum atomic E-state index is 0.645. The third-order valence-corrected chi connectivity index (χ3v) is 1.78. The Balaban J connectivity index is 2.58. The maximum absolute atomic E-state index is 5.52. The minimum absolute atomic E-state index is 0.645. The molecule has 2 nitrogen and oxygen atoms in total. The van der Waals surface area contributed by atoms with Crippen LogP contribution in [0.1, 0.15) is 12.1 Å². The predicted octanol–water partition coefficient (Wildman–Crippen LogP) is 2.73. The van der Waals surface area contributed by atoms with Gasteiger partial charge in [-0.2, -0.15) is 0 Å². The average molecular weight is 198 g/mol. The number of methoxy groups -OCH3 is 1. The first-order valence-electron chi connectivity index (χ1n) is 4.09. The highest BCUT2D eigenvalue weighted by atomic mass is 35.5. The van der Waals surface area contributed by atoms with Gasteiger partial charge in [-0.25, -0.2) is 0 Å². The molecule has 0 amide bonds. The van der Waals surface area contributed by atoms with Gasteiger partial charge in [-0.15, -0.1) is 11.6 Å². The summed E-state index contributed by atoms with van der Waals surface area (Å²) in [5.41, 5.74) is 0.922. The third-order valence-electron chi connectivity index (χ3n) is 1.56. The fraction of sp³-hybridized carbons (Fsp3) is 0.300.